The second kappa shape index (κ2) is 5.00. The molecule has 0 bridgehead atoms. The van der Waals surface area contributed by atoms with Crippen molar-refractivity contribution in [3.63, 3.8) is 0 Å². The SMILES string of the molecule is N#Cc1cccc(C[NH2+]CC(=O)[O-])c1. The third-order valence-electron chi connectivity index (χ3n) is 1.75. The largest absolute Gasteiger partial charge is 0.544 e. The Morgan fingerprint density at radius 1 is 1.57 bits per heavy atom. The summed E-state index contributed by atoms with van der Waals surface area (Å²) in [4.78, 5) is 10.1. The van der Waals surface area contributed by atoms with Gasteiger partial charge >= 0.3 is 0 Å². The quantitative estimate of drug-likeness (QED) is 0.619. The zero-order chi connectivity index (χ0) is 10.4. The molecule has 0 fully saturated rings. The second-order valence-corrected chi connectivity index (χ2v) is 2.88. The van der Waals surface area contributed by atoms with Gasteiger partial charge in [-0.3, -0.25) is 0 Å². The zero-order valence-corrected chi connectivity index (χ0v) is 7.56. The number of carboxylic acids is 1. The van der Waals surface area contributed by atoms with Crippen LogP contribution in [0.2, 0.25) is 0 Å². The molecule has 1 aromatic rings. The van der Waals surface area contributed by atoms with Crippen LogP contribution >= 0.6 is 0 Å². The van der Waals surface area contributed by atoms with E-state index >= 15 is 0 Å². The fraction of sp³-hybridized carbons (Fsp3) is 0.200. The van der Waals surface area contributed by atoms with Gasteiger partial charge in [0.2, 0.25) is 0 Å². The highest BCUT2D eigenvalue weighted by atomic mass is 16.4. The topological polar surface area (TPSA) is 80.5 Å². The Labute approximate surface area is 81.8 Å². The maximum absolute atomic E-state index is 10.1. The Morgan fingerprint density at radius 3 is 3.00 bits per heavy atom. The van der Waals surface area contributed by atoms with Crippen molar-refractivity contribution in [1.82, 2.24) is 0 Å². The molecule has 0 radical (unpaired) electrons. The lowest BCUT2D eigenvalue weighted by molar-refractivity contribution is -0.665. The van der Waals surface area contributed by atoms with E-state index in [4.69, 9.17) is 5.26 Å². The van der Waals surface area contributed by atoms with Crippen molar-refractivity contribution in [3.05, 3.63) is 35.4 Å². The number of nitriles is 1. The van der Waals surface area contributed by atoms with Crippen LogP contribution in [0.4, 0.5) is 0 Å². The minimum Gasteiger partial charge on any atom is -0.544 e. The summed E-state index contributed by atoms with van der Waals surface area (Å²) in [6.45, 7) is 0.486. The molecule has 72 valence electrons. The molecule has 4 heteroatoms. The van der Waals surface area contributed by atoms with Crippen LogP contribution < -0.4 is 10.4 Å². The predicted octanol–water partition coefficient (Wildman–Crippen LogP) is -1.63. The highest BCUT2D eigenvalue weighted by molar-refractivity contribution is 5.64. The molecule has 0 unspecified atom stereocenters. The minimum absolute atomic E-state index is 0.0587. The van der Waals surface area contributed by atoms with Crippen LogP contribution in [0, 0.1) is 11.3 Å². The predicted molar refractivity (Wildman–Crippen MR) is 46.7 cm³/mol. The van der Waals surface area contributed by atoms with Crippen LogP contribution in [0.5, 0.6) is 0 Å². The summed E-state index contributed by atoms with van der Waals surface area (Å²) in [5.41, 5.74) is 1.52. The summed E-state index contributed by atoms with van der Waals surface area (Å²) in [7, 11) is 0. The van der Waals surface area contributed by atoms with Gasteiger partial charge in [-0.1, -0.05) is 12.1 Å². The third-order valence-corrected chi connectivity index (χ3v) is 1.75. The van der Waals surface area contributed by atoms with E-state index in [0.29, 0.717) is 12.1 Å². The highest BCUT2D eigenvalue weighted by Crippen LogP contribution is 2.01. The number of hydrogen-bond acceptors (Lipinski definition) is 3. The van der Waals surface area contributed by atoms with Gasteiger partial charge in [0.15, 0.2) is 0 Å². The number of carbonyl (C=O) groups excluding carboxylic acids is 1. The summed E-state index contributed by atoms with van der Waals surface area (Å²) in [6.07, 6.45) is 0. The zero-order valence-electron chi connectivity index (χ0n) is 7.56. The Kier molecular flexibility index (Phi) is 3.65. The molecule has 0 aromatic heterocycles. The number of carbonyl (C=O) groups is 1. The average Bonchev–Trinajstić information content (AvgIpc) is 2.18. The summed E-state index contributed by atoms with van der Waals surface area (Å²) >= 11 is 0. The lowest BCUT2D eigenvalue weighted by Gasteiger charge is -2.02. The first-order chi connectivity index (χ1) is 6.72. The number of aliphatic carboxylic acids is 1. The fourth-order valence-corrected chi connectivity index (χ4v) is 1.12. The van der Waals surface area contributed by atoms with E-state index in [-0.39, 0.29) is 6.54 Å². The Bertz CT molecular complexity index is 369. The summed E-state index contributed by atoms with van der Waals surface area (Å²) in [5, 5.41) is 20.3. The molecular weight excluding hydrogens is 180 g/mol. The van der Waals surface area contributed by atoms with E-state index in [1.54, 1.807) is 23.5 Å². The van der Waals surface area contributed by atoms with E-state index in [2.05, 4.69) is 0 Å². The molecule has 14 heavy (non-hydrogen) atoms. The molecular formula is C10H10N2O2. The third kappa shape index (κ3) is 3.25. The number of benzene rings is 1. The van der Waals surface area contributed by atoms with Gasteiger partial charge in [-0.25, -0.2) is 0 Å². The van der Waals surface area contributed by atoms with Crippen LogP contribution in [0.1, 0.15) is 11.1 Å². The molecule has 0 spiro atoms. The van der Waals surface area contributed by atoms with Crippen LogP contribution in [-0.4, -0.2) is 12.5 Å². The van der Waals surface area contributed by atoms with E-state index in [0.717, 1.165) is 5.56 Å². The van der Waals surface area contributed by atoms with Crippen molar-refractivity contribution >= 4 is 5.97 Å². The normalized spacial score (nSPS) is 9.36. The number of nitrogens with two attached hydrogens (primary N) is 1. The van der Waals surface area contributed by atoms with Crippen molar-refractivity contribution in [3.8, 4) is 6.07 Å². The molecule has 0 saturated heterocycles. The molecule has 0 aliphatic carbocycles. The number of carboxylic acid groups (broad SMARTS) is 1. The maximum atomic E-state index is 10.1. The van der Waals surface area contributed by atoms with Crippen LogP contribution in [0.25, 0.3) is 0 Å². The average molecular weight is 190 g/mol. The standard InChI is InChI=1S/C10H10N2O2/c11-5-8-2-1-3-9(4-8)6-12-7-10(13)14/h1-4,12H,6-7H2,(H,13,14). The Morgan fingerprint density at radius 2 is 2.36 bits per heavy atom. The van der Waals surface area contributed by atoms with Crippen LogP contribution in [0.15, 0.2) is 24.3 Å². The van der Waals surface area contributed by atoms with Gasteiger partial charge in [-0.15, -0.1) is 0 Å². The Hall–Kier alpha value is -1.86. The number of rotatable bonds is 4. The summed E-state index contributed by atoms with van der Waals surface area (Å²) in [5.74, 6) is -1.08. The number of nitrogens with zero attached hydrogens (tertiary/aromatic N) is 1. The van der Waals surface area contributed by atoms with Gasteiger partial charge < -0.3 is 15.2 Å². The second-order valence-electron chi connectivity index (χ2n) is 2.88. The molecule has 0 aliphatic heterocycles. The first-order valence-electron chi connectivity index (χ1n) is 4.23. The molecule has 0 saturated carbocycles. The van der Waals surface area contributed by atoms with Gasteiger partial charge in [0.05, 0.1) is 17.6 Å². The minimum atomic E-state index is -1.08. The molecule has 2 N–H and O–H groups in total. The lowest BCUT2D eigenvalue weighted by Crippen LogP contribution is -2.85. The molecule has 4 nitrogen and oxygen atoms in total. The van der Waals surface area contributed by atoms with Crippen molar-refractivity contribution in [1.29, 1.82) is 5.26 Å². The first kappa shape index (κ1) is 10.2. The molecule has 0 aliphatic rings. The van der Waals surface area contributed by atoms with E-state index in [1.165, 1.54) is 0 Å². The van der Waals surface area contributed by atoms with Gasteiger partial charge in [0, 0.05) is 5.56 Å². The first-order valence-corrected chi connectivity index (χ1v) is 4.23. The van der Waals surface area contributed by atoms with E-state index < -0.39 is 5.97 Å². The van der Waals surface area contributed by atoms with Gasteiger partial charge in [-0.2, -0.15) is 5.26 Å². The molecule has 0 heterocycles. The van der Waals surface area contributed by atoms with E-state index in [1.807, 2.05) is 12.1 Å². The maximum Gasteiger partial charge on any atom is 0.116 e. The number of hydrogen-bond donors (Lipinski definition) is 1. The molecule has 1 aromatic carbocycles. The van der Waals surface area contributed by atoms with Gasteiger partial charge in [0.25, 0.3) is 0 Å². The monoisotopic (exact) mass is 190 g/mol. The van der Waals surface area contributed by atoms with Gasteiger partial charge in [-0.05, 0) is 12.1 Å². The highest BCUT2D eigenvalue weighted by Gasteiger charge is 1.97. The molecule has 0 atom stereocenters. The van der Waals surface area contributed by atoms with Crippen LogP contribution in [0.3, 0.4) is 0 Å². The molecule has 0 amide bonds. The lowest BCUT2D eigenvalue weighted by atomic mass is 10.1. The van der Waals surface area contributed by atoms with Crippen molar-refractivity contribution < 1.29 is 15.2 Å². The van der Waals surface area contributed by atoms with E-state index in [9.17, 15) is 9.90 Å². The smallest absolute Gasteiger partial charge is 0.116 e. The van der Waals surface area contributed by atoms with Crippen molar-refractivity contribution in [2.45, 2.75) is 6.54 Å². The molecule has 1 rings (SSSR count). The van der Waals surface area contributed by atoms with Gasteiger partial charge in [0.1, 0.15) is 13.1 Å². The fourth-order valence-electron chi connectivity index (χ4n) is 1.12. The van der Waals surface area contributed by atoms with Crippen molar-refractivity contribution in [2.24, 2.45) is 0 Å². The Balaban J connectivity index is 2.51. The van der Waals surface area contributed by atoms with Crippen LogP contribution in [-0.2, 0) is 11.3 Å². The van der Waals surface area contributed by atoms with Crippen molar-refractivity contribution in [2.75, 3.05) is 6.54 Å². The number of quaternary nitrogens is 1. The summed E-state index contributed by atoms with van der Waals surface area (Å²) in [6, 6.07) is 9.11. The summed E-state index contributed by atoms with van der Waals surface area (Å²) < 4.78 is 0.